The van der Waals surface area contributed by atoms with Crippen LogP contribution >= 0.6 is 11.8 Å². The van der Waals surface area contributed by atoms with Crippen LogP contribution in [0.25, 0.3) is 0 Å². The molecule has 1 amide bonds. The van der Waals surface area contributed by atoms with Crippen molar-refractivity contribution in [1.29, 1.82) is 0 Å². The fraction of sp³-hybridized carbons (Fsp3) is 0.360. The van der Waals surface area contributed by atoms with Crippen LogP contribution in [0.1, 0.15) is 60.3 Å². The van der Waals surface area contributed by atoms with Crippen molar-refractivity contribution < 1.29 is 4.79 Å². The van der Waals surface area contributed by atoms with Crippen molar-refractivity contribution in [3.05, 3.63) is 77.2 Å². The van der Waals surface area contributed by atoms with Crippen LogP contribution in [0.5, 0.6) is 0 Å². The molecule has 2 aromatic heterocycles. The van der Waals surface area contributed by atoms with Crippen LogP contribution in [0.4, 0.5) is 5.82 Å². The van der Waals surface area contributed by atoms with Crippen LogP contribution in [0.15, 0.2) is 60.0 Å². The highest BCUT2D eigenvalue weighted by Crippen LogP contribution is 2.25. The lowest BCUT2D eigenvalue weighted by Crippen LogP contribution is -2.22. The minimum Gasteiger partial charge on any atom is -0.360 e. The van der Waals surface area contributed by atoms with Crippen LogP contribution in [0, 0.1) is 0 Å². The highest BCUT2D eigenvalue weighted by Gasteiger charge is 2.12. The molecule has 0 aliphatic rings. The topological polar surface area (TPSA) is 71.0 Å². The van der Waals surface area contributed by atoms with Crippen LogP contribution < -0.4 is 10.2 Å². The fourth-order valence-corrected chi connectivity index (χ4v) is 3.94. The minimum atomic E-state index is -0.0929. The maximum atomic E-state index is 12.4. The molecule has 0 aliphatic heterocycles. The Balaban J connectivity index is 1.61. The molecule has 0 spiro atoms. The molecule has 0 atom stereocenters. The SMILES string of the molecule is CCCN(C)c1cc(C(C)C)nc(SCc2ccc(C(=O)NCc3cccnc3)cc2)n1. The van der Waals surface area contributed by atoms with E-state index in [0.29, 0.717) is 18.0 Å². The van der Waals surface area contributed by atoms with Gasteiger partial charge < -0.3 is 10.2 Å². The molecule has 0 unspecified atom stereocenters. The Kier molecular flexibility index (Phi) is 8.62. The second kappa shape index (κ2) is 11.6. The van der Waals surface area contributed by atoms with E-state index in [1.165, 1.54) is 0 Å². The van der Waals surface area contributed by atoms with E-state index in [0.717, 1.165) is 46.5 Å². The zero-order valence-electron chi connectivity index (χ0n) is 19.2. The van der Waals surface area contributed by atoms with E-state index in [2.05, 4.69) is 49.1 Å². The predicted octanol–water partition coefficient (Wildman–Crippen LogP) is 5.06. The highest BCUT2D eigenvalue weighted by molar-refractivity contribution is 7.98. The van der Waals surface area contributed by atoms with Gasteiger partial charge in [-0.05, 0) is 41.7 Å². The van der Waals surface area contributed by atoms with Crippen molar-refractivity contribution in [3.63, 3.8) is 0 Å². The van der Waals surface area contributed by atoms with Gasteiger partial charge in [-0.2, -0.15) is 0 Å². The van der Waals surface area contributed by atoms with Gasteiger partial charge in [0.25, 0.3) is 5.91 Å². The van der Waals surface area contributed by atoms with Crippen LogP contribution in [0.2, 0.25) is 0 Å². The quantitative estimate of drug-likeness (QED) is 0.344. The zero-order valence-corrected chi connectivity index (χ0v) is 20.0. The zero-order chi connectivity index (χ0) is 22.9. The Morgan fingerprint density at radius 3 is 2.56 bits per heavy atom. The number of rotatable bonds is 10. The summed E-state index contributed by atoms with van der Waals surface area (Å²) in [7, 11) is 2.07. The number of hydrogen-bond acceptors (Lipinski definition) is 6. The molecule has 7 heteroatoms. The van der Waals surface area contributed by atoms with Crippen molar-refractivity contribution in [2.75, 3.05) is 18.5 Å². The Hall–Kier alpha value is -2.93. The molecule has 1 aromatic carbocycles. The standard InChI is InChI=1S/C25H31N5OS/c1-5-13-30(4)23-14-22(18(2)3)28-25(29-23)32-17-19-8-10-21(11-9-19)24(31)27-16-20-7-6-12-26-15-20/h6-12,14-15,18H,5,13,16-17H2,1-4H3,(H,27,31). The molecule has 2 heterocycles. The van der Waals surface area contributed by atoms with Gasteiger partial charge in [-0.3, -0.25) is 9.78 Å². The highest BCUT2D eigenvalue weighted by atomic mass is 32.2. The van der Waals surface area contributed by atoms with Gasteiger partial charge in [-0.25, -0.2) is 9.97 Å². The Morgan fingerprint density at radius 1 is 1.12 bits per heavy atom. The summed E-state index contributed by atoms with van der Waals surface area (Å²) in [6.07, 6.45) is 4.54. The number of nitrogens with one attached hydrogen (secondary N) is 1. The summed E-state index contributed by atoms with van der Waals surface area (Å²) in [6, 6.07) is 13.6. The molecule has 3 aromatic rings. The summed E-state index contributed by atoms with van der Waals surface area (Å²) < 4.78 is 0. The van der Waals surface area contributed by atoms with Gasteiger partial charge in [0.05, 0.1) is 0 Å². The van der Waals surface area contributed by atoms with Crippen LogP contribution in [-0.2, 0) is 12.3 Å². The molecule has 168 valence electrons. The van der Waals surface area contributed by atoms with Gasteiger partial charge in [0.1, 0.15) is 5.82 Å². The first kappa shape index (κ1) is 23.7. The van der Waals surface area contributed by atoms with Gasteiger partial charge >= 0.3 is 0 Å². The lowest BCUT2D eigenvalue weighted by Gasteiger charge is -2.19. The molecular weight excluding hydrogens is 418 g/mol. The number of anilines is 1. The summed E-state index contributed by atoms with van der Waals surface area (Å²) in [5.41, 5.74) is 3.80. The lowest BCUT2D eigenvalue weighted by atomic mass is 10.1. The summed E-state index contributed by atoms with van der Waals surface area (Å²) in [4.78, 5) is 28.1. The van der Waals surface area contributed by atoms with Gasteiger partial charge in [0, 0.05) is 55.6 Å². The first-order valence-corrected chi connectivity index (χ1v) is 11.9. The molecule has 0 fully saturated rings. The third-order valence-electron chi connectivity index (χ3n) is 5.01. The smallest absolute Gasteiger partial charge is 0.251 e. The fourth-order valence-electron chi connectivity index (χ4n) is 3.12. The molecule has 0 saturated heterocycles. The number of thioether (sulfide) groups is 1. The minimum absolute atomic E-state index is 0.0929. The molecule has 1 N–H and O–H groups in total. The van der Waals surface area contributed by atoms with E-state index in [1.807, 2.05) is 36.4 Å². The molecule has 32 heavy (non-hydrogen) atoms. The third-order valence-corrected chi connectivity index (χ3v) is 5.93. The molecule has 0 saturated carbocycles. The monoisotopic (exact) mass is 449 g/mol. The van der Waals surface area contributed by atoms with Crippen LogP contribution in [-0.4, -0.2) is 34.5 Å². The van der Waals surface area contributed by atoms with E-state index < -0.39 is 0 Å². The number of carbonyl (C=O) groups is 1. The number of pyridine rings is 1. The summed E-state index contributed by atoms with van der Waals surface area (Å²) >= 11 is 1.62. The van der Waals surface area contributed by atoms with Crippen molar-refractivity contribution in [2.24, 2.45) is 0 Å². The first-order chi connectivity index (χ1) is 15.5. The second-order valence-electron chi connectivity index (χ2n) is 8.04. The van der Waals surface area contributed by atoms with E-state index in [1.54, 1.807) is 24.2 Å². The second-order valence-corrected chi connectivity index (χ2v) is 8.98. The average Bonchev–Trinajstić information content (AvgIpc) is 2.82. The molecular formula is C25H31N5OS. The molecule has 0 bridgehead atoms. The molecule has 0 aliphatic carbocycles. The lowest BCUT2D eigenvalue weighted by molar-refractivity contribution is 0.0951. The summed E-state index contributed by atoms with van der Waals surface area (Å²) in [5, 5.41) is 3.71. The molecule has 6 nitrogen and oxygen atoms in total. The van der Waals surface area contributed by atoms with Crippen molar-refractivity contribution in [3.8, 4) is 0 Å². The number of aromatic nitrogens is 3. The normalized spacial score (nSPS) is 10.9. The van der Waals surface area contributed by atoms with Gasteiger partial charge in [-0.15, -0.1) is 0 Å². The summed E-state index contributed by atoms with van der Waals surface area (Å²) in [5.74, 6) is 1.96. The van der Waals surface area contributed by atoms with Crippen LogP contribution in [0.3, 0.4) is 0 Å². The largest absolute Gasteiger partial charge is 0.360 e. The number of hydrogen-bond donors (Lipinski definition) is 1. The van der Waals surface area contributed by atoms with Gasteiger partial charge in [-0.1, -0.05) is 50.7 Å². The third kappa shape index (κ3) is 6.79. The number of amides is 1. The van der Waals surface area contributed by atoms with E-state index >= 15 is 0 Å². The van der Waals surface area contributed by atoms with Crippen molar-refractivity contribution in [1.82, 2.24) is 20.3 Å². The maximum absolute atomic E-state index is 12.4. The average molecular weight is 450 g/mol. The maximum Gasteiger partial charge on any atom is 0.251 e. The Morgan fingerprint density at radius 2 is 1.91 bits per heavy atom. The van der Waals surface area contributed by atoms with Gasteiger partial charge in [0.2, 0.25) is 0 Å². The predicted molar refractivity (Wildman–Crippen MR) is 131 cm³/mol. The van der Waals surface area contributed by atoms with Crippen molar-refractivity contribution in [2.45, 2.75) is 50.6 Å². The molecule has 3 rings (SSSR count). The number of carbonyl (C=O) groups excluding carboxylic acids is 1. The van der Waals surface area contributed by atoms with E-state index in [4.69, 9.17) is 9.97 Å². The summed E-state index contributed by atoms with van der Waals surface area (Å²) in [6.45, 7) is 7.89. The van der Waals surface area contributed by atoms with E-state index in [9.17, 15) is 4.79 Å². The molecule has 0 radical (unpaired) electrons. The van der Waals surface area contributed by atoms with Gasteiger partial charge in [0.15, 0.2) is 5.16 Å². The van der Waals surface area contributed by atoms with Crippen molar-refractivity contribution >= 4 is 23.5 Å². The Labute approximate surface area is 194 Å². The number of nitrogens with zero attached hydrogens (tertiary/aromatic N) is 4. The Bertz CT molecular complexity index is 1010. The first-order valence-electron chi connectivity index (χ1n) is 10.9. The van der Waals surface area contributed by atoms with E-state index in [-0.39, 0.29) is 5.91 Å². The number of benzene rings is 1.